The topological polar surface area (TPSA) is 29.5 Å². The molecule has 0 heterocycles. The molecule has 0 saturated carbocycles. The summed E-state index contributed by atoms with van der Waals surface area (Å²) in [5.74, 6) is 0.506. The van der Waals surface area contributed by atoms with Crippen molar-refractivity contribution in [1.29, 1.82) is 0 Å². The van der Waals surface area contributed by atoms with Crippen LogP contribution in [0.3, 0.4) is 0 Å². The van der Waals surface area contributed by atoms with Crippen molar-refractivity contribution in [2.45, 2.75) is 59.1 Å². The molecular weight excluding hydrogens is 238 g/mol. The zero-order chi connectivity index (χ0) is 13.5. The van der Waals surface area contributed by atoms with E-state index >= 15 is 0 Å². The molecule has 0 N–H and O–H groups in total. The molecule has 3 nitrogen and oxygen atoms in total. The standard InChI is InChI=1S/C13H26ClNO2/c1-6-11(7-2)15(9-8-14)12(16)10-17-13(3,4)5/h11H,6-10H2,1-5H3. The highest BCUT2D eigenvalue weighted by Crippen LogP contribution is 2.12. The summed E-state index contributed by atoms with van der Waals surface area (Å²) in [6.07, 6.45) is 1.91. The Morgan fingerprint density at radius 1 is 1.29 bits per heavy atom. The summed E-state index contributed by atoms with van der Waals surface area (Å²) < 4.78 is 5.52. The highest BCUT2D eigenvalue weighted by atomic mass is 35.5. The van der Waals surface area contributed by atoms with E-state index in [1.165, 1.54) is 0 Å². The third-order valence-electron chi connectivity index (χ3n) is 2.66. The Kier molecular flexibility index (Phi) is 7.80. The molecule has 0 aliphatic rings. The van der Waals surface area contributed by atoms with E-state index in [4.69, 9.17) is 16.3 Å². The normalized spacial score (nSPS) is 11.9. The van der Waals surface area contributed by atoms with E-state index < -0.39 is 0 Å². The third-order valence-corrected chi connectivity index (χ3v) is 2.83. The van der Waals surface area contributed by atoms with Gasteiger partial charge in [-0.1, -0.05) is 13.8 Å². The van der Waals surface area contributed by atoms with Crippen molar-refractivity contribution >= 4 is 17.5 Å². The lowest BCUT2D eigenvalue weighted by molar-refractivity contribution is -0.143. The van der Waals surface area contributed by atoms with Gasteiger partial charge in [-0.3, -0.25) is 4.79 Å². The number of rotatable bonds is 7. The quantitative estimate of drug-likeness (QED) is 0.661. The van der Waals surface area contributed by atoms with Crippen LogP contribution in [0.5, 0.6) is 0 Å². The summed E-state index contributed by atoms with van der Waals surface area (Å²) in [5.41, 5.74) is -0.282. The molecule has 102 valence electrons. The lowest BCUT2D eigenvalue weighted by Crippen LogP contribution is -2.44. The van der Waals surface area contributed by atoms with Crippen molar-refractivity contribution in [3.8, 4) is 0 Å². The van der Waals surface area contributed by atoms with Crippen LogP contribution < -0.4 is 0 Å². The molecule has 0 saturated heterocycles. The Hall–Kier alpha value is -0.280. The molecule has 0 fully saturated rings. The number of halogens is 1. The van der Waals surface area contributed by atoms with Gasteiger partial charge in [-0.15, -0.1) is 11.6 Å². The van der Waals surface area contributed by atoms with Crippen molar-refractivity contribution in [2.24, 2.45) is 0 Å². The zero-order valence-electron chi connectivity index (χ0n) is 11.8. The predicted octanol–water partition coefficient (Wildman–Crippen LogP) is 3.06. The van der Waals surface area contributed by atoms with Crippen LogP contribution in [-0.2, 0) is 9.53 Å². The molecule has 1 amide bonds. The second-order valence-corrected chi connectivity index (χ2v) is 5.53. The van der Waals surface area contributed by atoms with Crippen LogP contribution in [-0.4, -0.2) is 41.5 Å². The van der Waals surface area contributed by atoms with Gasteiger partial charge < -0.3 is 9.64 Å². The van der Waals surface area contributed by atoms with Crippen LogP contribution in [0.1, 0.15) is 47.5 Å². The maximum atomic E-state index is 12.1. The molecule has 0 aromatic carbocycles. The maximum absolute atomic E-state index is 12.1. The van der Waals surface area contributed by atoms with Crippen molar-refractivity contribution in [3.05, 3.63) is 0 Å². The van der Waals surface area contributed by atoms with Gasteiger partial charge in [0.25, 0.3) is 0 Å². The number of ether oxygens (including phenoxy) is 1. The number of hydrogen-bond acceptors (Lipinski definition) is 2. The smallest absolute Gasteiger partial charge is 0.248 e. The van der Waals surface area contributed by atoms with Crippen LogP contribution in [0.15, 0.2) is 0 Å². The van der Waals surface area contributed by atoms with Crippen molar-refractivity contribution in [3.63, 3.8) is 0 Å². The minimum absolute atomic E-state index is 0.0364. The second-order valence-electron chi connectivity index (χ2n) is 5.15. The Labute approximate surface area is 110 Å². The largest absolute Gasteiger partial charge is 0.366 e. The molecule has 0 spiro atoms. The number of alkyl halides is 1. The SMILES string of the molecule is CCC(CC)N(CCCl)C(=O)COC(C)(C)C. The average molecular weight is 264 g/mol. The molecule has 0 atom stereocenters. The van der Waals surface area contributed by atoms with Crippen molar-refractivity contribution in [1.82, 2.24) is 4.90 Å². The molecule has 0 bridgehead atoms. The highest BCUT2D eigenvalue weighted by Gasteiger charge is 2.22. The summed E-state index contributed by atoms with van der Waals surface area (Å²) in [7, 11) is 0. The van der Waals surface area contributed by atoms with Crippen LogP contribution in [0.25, 0.3) is 0 Å². The number of carbonyl (C=O) groups excluding carboxylic acids is 1. The van der Waals surface area contributed by atoms with Crippen molar-refractivity contribution < 1.29 is 9.53 Å². The molecule has 0 radical (unpaired) electrons. The van der Waals surface area contributed by atoms with Gasteiger partial charge in [0.1, 0.15) is 6.61 Å². The summed E-state index contributed by atoms with van der Waals surface area (Å²) in [4.78, 5) is 13.9. The fraction of sp³-hybridized carbons (Fsp3) is 0.923. The molecule has 0 unspecified atom stereocenters. The first-order chi connectivity index (χ1) is 7.85. The third kappa shape index (κ3) is 6.89. The van der Waals surface area contributed by atoms with E-state index in [1.807, 2.05) is 25.7 Å². The zero-order valence-corrected chi connectivity index (χ0v) is 12.5. The number of hydrogen-bond donors (Lipinski definition) is 0. The van der Waals surface area contributed by atoms with Gasteiger partial charge >= 0.3 is 0 Å². The first-order valence-corrected chi connectivity index (χ1v) is 6.88. The first kappa shape index (κ1) is 16.7. The Bertz CT molecular complexity index is 222. The lowest BCUT2D eigenvalue weighted by atomic mass is 10.1. The summed E-state index contributed by atoms with van der Waals surface area (Å²) >= 11 is 5.75. The van der Waals surface area contributed by atoms with E-state index in [2.05, 4.69) is 13.8 Å². The highest BCUT2D eigenvalue weighted by molar-refractivity contribution is 6.18. The Morgan fingerprint density at radius 2 is 1.82 bits per heavy atom. The molecule has 0 aromatic heterocycles. The molecular formula is C13H26ClNO2. The minimum atomic E-state index is -0.282. The number of carbonyl (C=O) groups is 1. The molecule has 17 heavy (non-hydrogen) atoms. The van der Waals surface area contributed by atoms with Crippen LogP contribution >= 0.6 is 11.6 Å². The summed E-state index contributed by atoms with van der Waals surface area (Å²) in [6, 6.07) is 0.268. The minimum Gasteiger partial charge on any atom is -0.366 e. The molecule has 4 heteroatoms. The molecule has 0 aliphatic carbocycles. The van der Waals surface area contributed by atoms with E-state index in [9.17, 15) is 4.79 Å². The monoisotopic (exact) mass is 263 g/mol. The Balaban J connectivity index is 4.43. The van der Waals surface area contributed by atoms with E-state index in [0.717, 1.165) is 12.8 Å². The van der Waals surface area contributed by atoms with Gasteiger partial charge in [0, 0.05) is 18.5 Å². The lowest BCUT2D eigenvalue weighted by Gasteiger charge is -2.31. The van der Waals surface area contributed by atoms with Crippen LogP contribution in [0, 0.1) is 0 Å². The summed E-state index contributed by atoms with van der Waals surface area (Å²) in [5, 5.41) is 0. The van der Waals surface area contributed by atoms with Gasteiger partial charge in [0.2, 0.25) is 5.91 Å². The first-order valence-electron chi connectivity index (χ1n) is 6.35. The number of amides is 1. The molecule has 0 rings (SSSR count). The van der Waals surface area contributed by atoms with Crippen molar-refractivity contribution in [2.75, 3.05) is 19.0 Å². The second kappa shape index (κ2) is 7.93. The average Bonchev–Trinajstić information content (AvgIpc) is 2.25. The van der Waals surface area contributed by atoms with Gasteiger partial charge in [-0.25, -0.2) is 0 Å². The predicted molar refractivity (Wildman–Crippen MR) is 72.5 cm³/mol. The van der Waals surface area contributed by atoms with E-state index in [0.29, 0.717) is 12.4 Å². The molecule has 0 aromatic rings. The van der Waals surface area contributed by atoms with Gasteiger partial charge in [0.05, 0.1) is 5.60 Å². The van der Waals surface area contributed by atoms with E-state index in [1.54, 1.807) is 0 Å². The van der Waals surface area contributed by atoms with Gasteiger partial charge in [-0.2, -0.15) is 0 Å². The van der Waals surface area contributed by atoms with Crippen LogP contribution in [0.2, 0.25) is 0 Å². The fourth-order valence-electron chi connectivity index (χ4n) is 1.69. The van der Waals surface area contributed by atoms with Gasteiger partial charge in [-0.05, 0) is 33.6 Å². The number of nitrogens with zero attached hydrogens (tertiary/aromatic N) is 1. The maximum Gasteiger partial charge on any atom is 0.248 e. The van der Waals surface area contributed by atoms with E-state index in [-0.39, 0.29) is 24.2 Å². The fourth-order valence-corrected chi connectivity index (χ4v) is 1.87. The molecule has 0 aliphatic heterocycles. The summed E-state index contributed by atoms with van der Waals surface area (Å²) in [6.45, 7) is 10.8. The van der Waals surface area contributed by atoms with Gasteiger partial charge in [0.15, 0.2) is 0 Å². The van der Waals surface area contributed by atoms with Crippen LogP contribution in [0.4, 0.5) is 0 Å². The Morgan fingerprint density at radius 3 is 2.18 bits per heavy atom.